The molecule has 0 fully saturated rings. The van der Waals surface area contributed by atoms with Crippen molar-refractivity contribution in [2.24, 2.45) is 0 Å². The highest BCUT2D eigenvalue weighted by molar-refractivity contribution is 6.31. The van der Waals surface area contributed by atoms with E-state index in [1.165, 1.54) is 7.11 Å². The van der Waals surface area contributed by atoms with E-state index in [0.717, 1.165) is 0 Å². The van der Waals surface area contributed by atoms with Gasteiger partial charge in [0.2, 0.25) is 0 Å². The number of nitrogens with one attached hydrogen (secondary N) is 1. The van der Waals surface area contributed by atoms with Crippen molar-refractivity contribution in [3.8, 4) is 0 Å². The van der Waals surface area contributed by atoms with E-state index in [0.29, 0.717) is 15.9 Å². The van der Waals surface area contributed by atoms with E-state index >= 15 is 0 Å². The number of H-pyrrole nitrogens is 1. The third kappa shape index (κ3) is 2.42. The summed E-state index contributed by atoms with van der Waals surface area (Å²) in [6, 6.07) is 4.95. The molecule has 1 aromatic heterocycles. The molecule has 1 heterocycles. The summed E-state index contributed by atoms with van der Waals surface area (Å²) in [6.07, 6.45) is 0. The molecule has 1 N–H and O–H groups in total. The van der Waals surface area contributed by atoms with Gasteiger partial charge in [-0.15, -0.1) is 0 Å². The number of aromatic nitrogens is 1. The van der Waals surface area contributed by atoms with Crippen molar-refractivity contribution in [1.82, 2.24) is 4.98 Å². The molecule has 0 bridgehead atoms. The lowest BCUT2D eigenvalue weighted by atomic mass is 10.1. The second-order valence-electron chi connectivity index (χ2n) is 3.78. The molecule has 0 radical (unpaired) electrons. The number of carbonyl (C=O) groups excluding carboxylic acids is 2. The molecule has 100 valence electrons. The highest BCUT2D eigenvalue weighted by Gasteiger charge is 2.24. The molecule has 0 spiro atoms. The Labute approximate surface area is 114 Å². The molecule has 0 atom stereocenters. The van der Waals surface area contributed by atoms with Gasteiger partial charge in [-0.05, 0) is 25.1 Å². The topological polar surface area (TPSA) is 68.4 Å². The molecule has 0 saturated carbocycles. The summed E-state index contributed by atoms with van der Waals surface area (Å²) in [5.74, 6) is -1.22. The van der Waals surface area contributed by atoms with E-state index in [4.69, 9.17) is 21.1 Å². The number of halogens is 1. The van der Waals surface area contributed by atoms with Gasteiger partial charge >= 0.3 is 11.9 Å². The summed E-state index contributed by atoms with van der Waals surface area (Å²) in [5.41, 5.74) is 0.831. The number of benzene rings is 1. The van der Waals surface area contributed by atoms with E-state index in [1.54, 1.807) is 25.1 Å². The summed E-state index contributed by atoms with van der Waals surface area (Å²) >= 11 is 5.91. The maximum atomic E-state index is 11.8. The van der Waals surface area contributed by atoms with Crippen LogP contribution >= 0.6 is 11.6 Å². The third-order valence-electron chi connectivity index (χ3n) is 2.63. The van der Waals surface area contributed by atoms with Crippen molar-refractivity contribution in [2.45, 2.75) is 6.92 Å². The Morgan fingerprint density at radius 3 is 2.68 bits per heavy atom. The summed E-state index contributed by atoms with van der Waals surface area (Å²) in [6.45, 7) is 1.91. The molecule has 2 rings (SSSR count). The smallest absolute Gasteiger partial charge is 0.355 e. The molecular formula is C13H12ClNO4. The Morgan fingerprint density at radius 1 is 1.32 bits per heavy atom. The zero-order chi connectivity index (χ0) is 14.0. The zero-order valence-corrected chi connectivity index (χ0v) is 11.2. The molecule has 5 nitrogen and oxygen atoms in total. The zero-order valence-electron chi connectivity index (χ0n) is 10.5. The van der Waals surface area contributed by atoms with Gasteiger partial charge in [0, 0.05) is 15.9 Å². The highest BCUT2D eigenvalue weighted by Crippen LogP contribution is 2.26. The Bertz CT molecular complexity index is 647. The van der Waals surface area contributed by atoms with E-state index in [-0.39, 0.29) is 17.9 Å². The van der Waals surface area contributed by atoms with Gasteiger partial charge < -0.3 is 14.5 Å². The van der Waals surface area contributed by atoms with Crippen LogP contribution in [0.1, 0.15) is 27.8 Å². The Kier molecular flexibility index (Phi) is 3.76. The molecule has 19 heavy (non-hydrogen) atoms. The van der Waals surface area contributed by atoms with E-state index in [9.17, 15) is 9.59 Å². The van der Waals surface area contributed by atoms with Gasteiger partial charge in [0.1, 0.15) is 5.69 Å². The number of aromatic amines is 1. The largest absolute Gasteiger partial charge is 0.465 e. The molecule has 0 aliphatic rings. The van der Waals surface area contributed by atoms with Crippen LogP contribution in [0.2, 0.25) is 5.02 Å². The lowest BCUT2D eigenvalue weighted by molar-refractivity contribution is 0.0499. The van der Waals surface area contributed by atoms with Crippen LogP contribution in [-0.4, -0.2) is 30.6 Å². The molecule has 2 aromatic rings. The molecule has 6 heteroatoms. The summed E-state index contributed by atoms with van der Waals surface area (Å²) in [7, 11) is 1.25. The van der Waals surface area contributed by atoms with Gasteiger partial charge in [-0.3, -0.25) is 0 Å². The predicted molar refractivity (Wildman–Crippen MR) is 70.6 cm³/mol. The minimum absolute atomic E-state index is 0.0750. The van der Waals surface area contributed by atoms with Crippen molar-refractivity contribution >= 4 is 34.4 Å². The predicted octanol–water partition coefficient (Wildman–Crippen LogP) is 2.78. The molecule has 1 aromatic carbocycles. The summed E-state index contributed by atoms with van der Waals surface area (Å²) < 4.78 is 9.61. The fraction of sp³-hybridized carbons (Fsp3) is 0.231. The Balaban J connectivity index is 2.68. The summed E-state index contributed by atoms with van der Waals surface area (Å²) in [5, 5.41) is 0.995. The van der Waals surface area contributed by atoms with Crippen molar-refractivity contribution in [3.63, 3.8) is 0 Å². The molecule has 0 aliphatic heterocycles. The maximum Gasteiger partial charge on any atom is 0.355 e. The number of carbonyl (C=O) groups is 2. The average Bonchev–Trinajstić information content (AvgIpc) is 2.76. The van der Waals surface area contributed by atoms with Crippen LogP contribution in [0.25, 0.3) is 10.9 Å². The lowest BCUT2D eigenvalue weighted by Gasteiger charge is -2.02. The SMILES string of the molecule is CCOC(=O)c1[nH]c2ccc(Cl)cc2c1C(=O)OC. The van der Waals surface area contributed by atoms with Gasteiger partial charge in [-0.25, -0.2) is 9.59 Å². The molecule has 0 amide bonds. The fourth-order valence-corrected chi connectivity index (χ4v) is 2.01. The van der Waals surface area contributed by atoms with Crippen LogP contribution < -0.4 is 0 Å². The monoisotopic (exact) mass is 281 g/mol. The Hall–Kier alpha value is -2.01. The number of fused-ring (bicyclic) bond motifs is 1. The number of rotatable bonds is 3. The van der Waals surface area contributed by atoms with Crippen LogP contribution in [0.3, 0.4) is 0 Å². The second kappa shape index (κ2) is 5.32. The van der Waals surface area contributed by atoms with Crippen molar-refractivity contribution in [3.05, 3.63) is 34.5 Å². The third-order valence-corrected chi connectivity index (χ3v) is 2.86. The standard InChI is InChI=1S/C13H12ClNO4/c1-3-19-13(17)11-10(12(16)18-2)8-6-7(14)4-5-9(8)15-11/h4-6,15H,3H2,1-2H3. The molecular weight excluding hydrogens is 270 g/mol. The molecule has 0 saturated heterocycles. The quantitative estimate of drug-likeness (QED) is 0.879. The number of hydrogen-bond acceptors (Lipinski definition) is 4. The minimum Gasteiger partial charge on any atom is -0.465 e. The number of hydrogen-bond donors (Lipinski definition) is 1. The van der Waals surface area contributed by atoms with Crippen LogP contribution in [-0.2, 0) is 9.47 Å². The maximum absolute atomic E-state index is 11.8. The van der Waals surface area contributed by atoms with Gasteiger partial charge in [0.05, 0.1) is 19.3 Å². The van der Waals surface area contributed by atoms with Gasteiger partial charge in [0.15, 0.2) is 0 Å². The number of esters is 2. The van der Waals surface area contributed by atoms with Crippen molar-refractivity contribution in [1.29, 1.82) is 0 Å². The minimum atomic E-state index is -0.614. The van der Waals surface area contributed by atoms with Crippen LogP contribution in [0.15, 0.2) is 18.2 Å². The molecule has 0 unspecified atom stereocenters. The van der Waals surface area contributed by atoms with E-state index in [1.807, 2.05) is 0 Å². The highest BCUT2D eigenvalue weighted by atomic mass is 35.5. The molecule has 0 aliphatic carbocycles. The fourth-order valence-electron chi connectivity index (χ4n) is 1.83. The average molecular weight is 282 g/mol. The van der Waals surface area contributed by atoms with Gasteiger partial charge in [-0.1, -0.05) is 11.6 Å². The second-order valence-corrected chi connectivity index (χ2v) is 4.21. The van der Waals surface area contributed by atoms with Gasteiger partial charge in [-0.2, -0.15) is 0 Å². The van der Waals surface area contributed by atoms with Crippen molar-refractivity contribution in [2.75, 3.05) is 13.7 Å². The van der Waals surface area contributed by atoms with Crippen molar-refractivity contribution < 1.29 is 19.1 Å². The normalized spacial score (nSPS) is 10.5. The first-order valence-corrected chi connectivity index (χ1v) is 6.03. The van der Waals surface area contributed by atoms with Gasteiger partial charge in [0.25, 0.3) is 0 Å². The Morgan fingerprint density at radius 2 is 2.05 bits per heavy atom. The first-order chi connectivity index (χ1) is 9.08. The first kappa shape index (κ1) is 13.4. The number of methoxy groups -OCH3 is 1. The first-order valence-electron chi connectivity index (χ1n) is 5.65. The number of ether oxygens (including phenoxy) is 2. The lowest BCUT2D eigenvalue weighted by Crippen LogP contribution is -2.12. The van der Waals surface area contributed by atoms with Crippen LogP contribution in [0, 0.1) is 0 Å². The van der Waals surface area contributed by atoms with E-state index in [2.05, 4.69) is 4.98 Å². The summed E-state index contributed by atoms with van der Waals surface area (Å²) in [4.78, 5) is 26.5. The van der Waals surface area contributed by atoms with E-state index < -0.39 is 11.9 Å². The van der Waals surface area contributed by atoms with Crippen LogP contribution in [0.4, 0.5) is 0 Å². The van der Waals surface area contributed by atoms with Crippen LogP contribution in [0.5, 0.6) is 0 Å².